The Labute approximate surface area is 223 Å². The molecule has 2 aromatic carbocycles. The second-order valence-corrected chi connectivity index (χ2v) is 11.6. The highest BCUT2D eigenvalue weighted by molar-refractivity contribution is 7.89. The summed E-state index contributed by atoms with van der Waals surface area (Å²) in [6.45, 7) is 7.39. The normalized spacial score (nSPS) is 15.3. The largest absolute Gasteiger partial charge is 0.484 e. The first kappa shape index (κ1) is 28.9. The van der Waals surface area contributed by atoms with Gasteiger partial charge in [-0.2, -0.15) is 4.31 Å². The number of hydrogen-bond donors (Lipinski definition) is 1. The summed E-state index contributed by atoms with van der Waals surface area (Å²) in [4.78, 5) is 27.5. The zero-order chi connectivity index (χ0) is 27.0. The van der Waals surface area contributed by atoms with Crippen LogP contribution in [0.4, 0.5) is 0 Å². The summed E-state index contributed by atoms with van der Waals surface area (Å²) >= 11 is 5.98. The lowest BCUT2D eigenvalue weighted by atomic mass is 10.1. The molecule has 1 N–H and O–H groups in total. The van der Waals surface area contributed by atoms with E-state index in [0.717, 1.165) is 5.56 Å². The average Bonchev–Trinajstić information content (AvgIpc) is 2.90. The van der Waals surface area contributed by atoms with E-state index in [1.807, 2.05) is 13.8 Å². The molecule has 1 saturated heterocycles. The van der Waals surface area contributed by atoms with Crippen molar-refractivity contribution in [2.24, 2.45) is 5.92 Å². The maximum Gasteiger partial charge on any atom is 0.261 e. The summed E-state index contributed by atoms with van der Waals surface area (Å²) in [6.07, 6.45) is 0. The number of carbonyl (C=O) groups is 2. The van der Waals surface area contributed by atoms with Gasteiger partial charge in [-0.3, -0.25) is 9.59 Å². The number of nitrogens with one attached hydrogen (secondary N) is 1. The van der Waals surface area contributed by atoms with Crippen LogP contribution in [0, 0.1) is 5.92 Å². The summed E-state index contributed by atoms with van der Waals surface area (Å²) < 4.78 is 37.9. The van der Waals surface area contributed by atoms with Crippen LogP contribution in [-0.4, -0.2) is 74.9 Å². The number of nitrogens with zero attached hydrogens (tertiary/aromatic N) is 2. The molecule has 0 aliphatic carbocycles. The Hall–Kier alpha value is -2.66. The first-order valence-electron chi connectivity index (χ1n) is 12.2. The Kier molecular flexibility index (Phi) is 10.3. The molecular weight excluding hydrogens is 518 g/mol. The first-order valence-corrected chi connectivity index (χ1v) is 14.0. The van der Waals surface area contributed by atoms with E-state index < -0.39 is 16.1 Å². The SMILES string of the molecule is CC(C)CNC(=O)[C@H](C)N(Cc1ccc(Cl)cc1)C(=O)COc1ccc(S(=O)(=O)N2CCOCC2)cc1. The highest BCUT2D eigenvalue weighted by Gasteiger charge is 2.28. The Bertz CT molecular complexity index is 1150. The molecule has 0 saturated carbocycles. The van der Waals surface area contributed by atoms with Gasteiger partial charge in [0.2, 0.25) is 15.9 Å². The smallest absolute Gasteiger partial charge is 0.261 e. The number of sulfonamides is 1. The third-order valence-electron chi connectivity index (χ3n) is 5.91. The minimum Gasteiger partial charge on any atom is -0.484 e. The van der Waals surface area contributed by atoms with Crippen LogP contribution in [0.3, 0.4) is 0 Å². The molecule has 1 heterocycles. The van der Waals surface area contributed by atoms with E-state index >= 15 is 0 Å². The number of carbonyl (C=O) groups excluding carboxylic acids is 2. The summed E-state index contributed by atoms with van der Waals surface area (Å²) in [5.41, 5.74) is 0.818. The van der Waals surface area contributed by atoms with Crippen LogP contribution >= 0.6 is 11.6 Å². The molecule has 11 heteroatoms. The molecule has 9 nitrogen and oxygen atoms in total. The van der Waals surface area contributed by atoms with Crippen LogP contribution in [-0.2, 0) is 30.9 Å². The number of ether oxygens (including phenoxy) is 2. The predicted octanol–water partition coefficient (Wildman–Crippen LogP) is 2.93. The molecule has 3 rings (SSSR count). The van der Waals surface area contributed by atoms with Gasteiger partial charge in [0.15, 0.2) is 6.61 Å². The molecular formula is C26H34ClN3O6S. The van der Waals surface area contributed by atoms with Crippen molar-refractivity contribution in [1.82, 2.24) is 14.5 Å². The number of halogens is 1. The molecule has 0 spiro atoms. The van der Waals surface area contributed by atoms with E-state index in [2.05, 4.69) is 5.32 Å². The van der Waals surface area contributed by atoms with E-state index in [4.69, 9.17) is 21.1 Å². The molecule has 2 amide bonds. The molecule has 1 atom stereocenters. The summed E-state index contributed by atoms with van der Waals surface area (Å²) in [6, 6.07) is 12.3. The molecule has 0 radical (unpaired) electrons. The lowest BCUT2D eigenvalue weighted by molar-refractivity contribution is -0.142. The topological polar surface area (TPSA) is 105 Å². The second kappa shape index (κ2) is 13.2. The highest BCUT2D eigenvalue weighted by atomic mass is 35.5. The number of rotatable bonds is 11. The van der Waals surface area contributed by atoms with E-state index in [1.165, 1.54) is 33.5 Å². The van der Waals surface area contributed by atoms with Crippen molar-refractivity contribution in [3.63, 3.8) is 0 Å². The zero-order valence-electron chi connectivity index (χ0n) is 21.4. The van der Waals surface area contributed by atoms with Crippen molar-refractivity contribution in [3.05, 3.63) is 59.1 Å². The van der Waals surface area contributed by atoms with Gasteiger partial charge in [-0.25, -0.2) is 8.42 Å². The Balaban J connectivity index is 1.68. The molecule has 1 aliphatic heterocycles. The van der Waals surface area contributed by atoms with Gasteiger partial charge >= 0.3 is 0 Å². The minimum absolute atomic E-state index is 0.146. The first-order chi connectivity index (χ1) is 17.6. The lowest BCUT2D eigenvalue weighted by Gasteiger charge is -2.29. The highest BCUT2D eigenvalue weighted by Crippen LogP contribution is 2.21. The average molecular weight is 552 g/mol. The predicted molar refractivity (Wildman–Crippen MR) is 141 cm³/mol. The number of benzene rings is 2. The number of morpholine rings is 1. The fourth-order valence-corrected chi connectivity index (χ4v) is 5.23. The van der Waals surface area contributed by atoms with Crippen LogP contribution in [0.15, 0.2) is 53.4 Å². The number of hydrogen-bond acceptors (Lipinski definition) is 6. The van der Waals surface area contributed by atoms with Gasteiger partial charge in [-0.1, -0.05) is 37.6 Å². The maximum atomic E-state index is 13.2. The molecule has 1 aliphatic rings. The third kappa shape index (κ3) is 8.16. The lowest BCUT2D eigenvalue weighted by Crippen LogP contribution is -2.49. The van der Waals surface area contributed by atoms with Gasteiger partial charge in [0, 0.05) is 31.2 Å². The van der Waals surface area contributed by atoms with Crippen molar-refractivity contribution in [2.45, 2.75) is 38.3 Å². The molecule has 202 valence electrons. The molecule has 0 bridgehead atoms. The van der Waals surface area contributed by atoms with Crippen LogP contribution in [0.1, 0.15) is 26.3 Å². The van der Waals surface area contributed by atoms with Gasteiger partial charge in [0.25, 0.3) is 5.91 Å². The Morgan fingerprint density at radius 2 is 1.68 bits per heavy atom. The van der Waals surface area contributed by atoms with E-state index in [-0.39, 0.29) is 35.8 Å². The van der Waals surface area contributed by atoms with E-state index in [9.17, 15) is 18.0 Å². The fraction of sp³-hybridized carbons (Fsp3) is 0.462. The molecule has 1 fully saturated rings. The third-order valence-corrected chi connectivity index (χ3v) is 8.08. The second-order valence-electron chi connectivity index (χ2n) is 9.24. The van der Waals surface area contributed by atoms with Gasteiger partial charge in [0.1, 0.15) is 11.8 Å². The van der Waals surface area contributed by atoms with Gasteiger partial charge in [-0.05, 0) is 54.8 Å². The van der Waals surface area contributed by atoms with Crippen molar-refractivity contribution in [1.29, 1.82) is 0 Å². The Morgan fingerprint density at radius 3 is 2.27 bits per heavy atom. The van der Waals surface area contributed by atoms with Crippen LogP contribution < -0.4 is 10.1 Å². The molecule has 2 aromatic rings. The summed E-state index contributed by atoms with van der Waals surface area (Å²) in [5.74, 6) is -0.0200. The summed E-state index contributed by atoms with van der Waals surface area (Å²) in [5, 5.41) is 3.45. The van der Waals surface area contributed by atoms with Crippen LogP contribution in [0.25, 0.3) is 0 Å². The number of amides is 2. The van der Waals surface area contributed by atoms with Crippen molar-refractivity contribution >= 4 is 33.4 Å². The molecule has 0 aromatic heterocycles. The van der Waals surface area contributed by atoms with Crippen LogP contribution in [0.2, 0.25) is 5.02 Å². The van der Waals surface area contributed by atoms with Gasteiger partial charge in [-0.15, -0.1) is 0 Å². The van der Waals surface area contributed by atoms with Crippen molar-refractivity contribution in [2.75, 3.05) is 39.5 Å². The van der Waals surface area contributed by atoms with E-state index in [1.54, 1.807) is 31.2 Å². The summed E-state index contributed by atoms with van der Waals surface area (Å²) in [7, 11) is -3.62. The van der Waals surface area contributed by atoms with Gasteiger partial charge in [0.05, 0.1) is 18.1 Å². The fourth-order valence-electron chi connectivity index (χ4n) is 3.69. The van der Waals surface area contributed by atoms with Crippen molar-refractivity contribution in [3.8, 4) is 5.75 Å². The maximum absolute atomic E-state index is 13.2. The minimum atomic E-state index is -3.62. The van der Waals surface area contributed by atoms with Gasteiger partial charge < -0.3 is 19.7 Å². The Morgan fingerprint density at radius 1 is 1.05 bits per heavy atom. The monoisotopic (exact) mass is 551 g/mol. The van der Waals surface area contributed by atoms with Crippen molar-refractivity contribution < 1.29 is 27.5 Å². The van der Waals surface area contributed by atoms with Crippen LogP contribution in [0.5, 0.6) is 5.75 Å². The quantitative estimate of drug-likeness (QED) is 0.460. The molecule has 37 heavy (non-hydrogen) atoms. The van der Waals surface area contributed by atoms with E-state index in [0.29, 0.717) is 43.6 Å². The standard InChI is InChI=1S/C26H34ClN3O6S/c1-19(2)16-28-26(32)20(3)30(17-21-4-6-22(27)7-5-21)25(31)18-36-23-8-10-24(11-9-23)37(33,34)29-12-14-35-15-13-29/h4-11,19-20H,12-18H2,1-3H3,(H,28,32)/t20-/m0/s1. The molecule has 0 unspecified atom stereocenters. The zero-order valence-corrected chi connectivity index (χ0v) is 22.9.